The Bertz CT molecular complexity index is 834. The van der Waals surface area contributed by atoms with Gasteiger partial charge in [0.1, 0.15) is 4.90 Å². The normalized spacial score (nSPS) is 16.1. The lowest BCUT2D eigenvalue weighted by atomic mass is 10.2. The first-order valence-electron chi connectivity index (χ1n) is 7.79. The van der Waals surface area contributed by atoms with Gasteiger partial charge in [0.15, 0.2) is 0 Å². The smallest absolute Gasteiger partial charge is 0.263 e. The van der Waals surface area contributed by atoms with E-state index in [1.165, 1.54) is 29.5 Å². The second-order valence-corrected chi connectivity index (χ2v) is 8.93. The minimum Gasteiger partial charge on any atom is -0.379 e. The predicted molar refractivity (Wildman–Crippen MR) is 103 cm³/mol. The van der Waals surface area contributed by atoms with E-state index in [-0.39, 0.29) is 9.92 Å². The van der Waals surface area contributed by atoms with Gasteiger partial charge in [-0.25, -0.2) is 8.42 Å². The van der Waals surface area contributed by atoms with Crippen LogP contribution in [0, 0.1) is 0 Å². The third kappa shape index (κ3) is 4.87. The van der Waals surface area contributed by atoms with Gasteiger partial charge in [0.05, 0.1) is 23.9 Å². The summed E-state index contributed by atoms with van der Waals surface area (Å²) in [5, 5.41) is 4.27. The van der Waals surface area contributed by atoms with Crippen molar-refractivity contribution in [3.8, 4) is 0 Å². The Labute approximate surface area is 161 Å². The van der Waals surface area contributed by atoms with E-state index < -0.39 is 10.0 Å². The van der Waals surface area contributed by atoms with E-state index in [1.807, 2.05) is 5.38 Å². The molecule has 0 saturated carbocycles. The molecular weight excluding hydrogens is 403 g/mol. The lowest BCUT2D eigenvalue weighted by Crippen LogP contribution is -2.37. The lowest BCUT2D eigenvalue weighted by Gasteiger charge is -2.26. The molecule has 0 radical (unpaired) electrons. The maximum absolute atomic E-state index is 12.6. The van der Waals surface area contributed by atoms with Gasteiger partial charge in [-0.05, 0) is 35.6 Å². The molecule has 25 heavy (non-hydrogen) atoms. The number of sulfonamides is 1. The molecule has 1 aliphatic heterocycles. The number of anilines is 1. The molecule has 1 fully saturated rings. The molecule has 1 N–H and O–H groups in total. The summed E-state index contributed by atoms with van der Waals surface area (Å²) in [5.74, 6) is 0. The lowest BCUT2D eigenvalue weighted by molar-refractivity contribution is 0.0385. The highest BCUT2D eigenvalue weighted by Crippen LogP contribution is 2.29. The van der Waals surface area contributed by atoms with Crippen LogP contribution >= 0.6 is 34.5 Å². The Morgan fingerprint density at radius 1 is 1.20 bits per heavy atom. The number of ether oxygens (including phenoxy) is 1. The van der Waals surface area contributed by atoms with Crippen LogP contribution in [0.4, 0.5) is 5.69 Å². The number of rotatable bonds is 6. The Morgan fingerprint density at radius 2 is 1.96 bits per heavy atom. The monoisotopic (exact) mass is 420 g/mol. The third-order valence-corrected chi connectivity index (χ3v) is 6.85. The van der Waals surface area contributed by atoms with Crippen molar-refractivity contribution in [2.75, 3.05) is 37.6 Å². The number of hydrogen-bond donors (Lipinski definition) is 1. The summed E-state index contributed by atoms with van der Waals surface area (Å²) >= 11 is 13.3. The number of hydrogen-bond acceptors (Lipinski definition) is 5. The van der Waals surface area contributed by atoms with Crippen molar-refractivity contribution in [2.24, 2.45) is 0 Å². The molecule has 9 heteroatoms. The topological polar surface area (TPSA) is 58.6 Å². The van der Waals surface area contributed by atoms with Crippen molar-refractivity contribution in [1.29, 1.82) is 0 Å². The van der Waals surface area contributed by atoms with Crippen molar-refractivity contribution < 1.29 is 13.2 Å². The molecule has 1 aromatic carbocycles. The van der Waals surface area contributed by atoms with E-state index in [0.29, 0.717) is 10.7 Å². The number of benzene rings is 1. The van der Waals surface area contributed by atoms with Crippen LogP contribution in [0.2, 0.25) is 10.0 Å². The van der Waals surface area contributed by atoms with Crippen molar-refractivity contribution >= 4 is 50.2 Å². The Hall–Kier alpha value is -0.830. The zero-order valence-corrected chi connectivity index (χ0v) is 16.5. The molecule has 2 aromatic rings. The van der Waals surface area contributed by atoms with Crippen LogP contribution in [-0.2, 0) is 21.2 Å². The molecule has 0 unspecified atom stereocenters. The zero-order valence-electron chi connectivity index (χ0n) is 13.4. The van der Waals surface area contributed by atoms with E-state index in [4.69, 9.17) is 27.9 Å². The molecular formula is C16H18Cl2N2O3S2. The Kier molecular flexibility index (Phi) is 6.25. The number of thiophene rings is 1. The van der Waals surface area contributed by atoms with Crippen molar-refractivity contribution in [1.82, 2.24) is 4.90 Å². The summed E-state index contributed by atoms with van der Waals surface area (Å²) in [7, 11) is -3.76. The maximum atomic E-state index is 12.6. The molecule has 1 aromatic heterocycles. The average Bonchev–Trinajstić information content (AvgIpc) is 3.00. The van der Waals surface area contributed by atoms with Gasteiger partial charge < -0.3 is 4.74 Å². The molecule has 1 saturated heterocycles. The first kappa shape index (κ1) is 18.9. The van der Waals surface area contributed by atoms with Gasteiger partial charge in [0.25, 0.3) is 10.0 Å². The Balaban J connectivity index is 1.71. The standard InChI is InChI=1S/C16H18Cl2N2O3S2/c17-13-1-2-16(14(18)9-13)25(21,22)19-15-11-24-10-12(15)3-4-20-5-7-23-8-6-20/h1-2,9-11,19H,3-8H2. The number of halogens is 2. The first-order chi connectivity index (χ1) is 12.0. The fourth-order valence-corrected chi connectivity index (χ4v) is 5.37. The van der Waals surface area contributed by atoms with E-state index >= 15 is 0 Å². The maximum Gasteiger partial charge on any atom is 0.263 e. The van der Waals surface area contributed by atoms with Crippen LogP contribution in [-0.4, -0.2) is 46.2 Å². The number of nitrogens with one attached hydrogen (secondary N) is 1. The number of morpholine rings is 1. The van der Waals surface area contributed by atoms with Gasteiger partial charge in [-0.1, -0.05) is 23.2 Å². The molecule has 0 bridgehead atoms. The molecule has 2 heterocycles. The summed E-state index contributed by atoms with van der Waals surface area (Å²) in [5.41, 5.74) is 1.58. The van der Waals surface area contributed by atoms with Crippen molar-refractivity contribution in [2.45, 2.75) is 11.3 Å². The zero-order chi connectivity index (χ0) is 17.9. The molecule has 0 aliphatic carbocycles. The summed E-state index contributed by atoms with van der Waals surface area (Å²) < 4.78 is 33.2. The second kappa shape index (κ2) is 8.24. The van der Waals surface area contributed by atoms with Crippen LogP contribution in [0.25, 0.3) is 0 Å². The van der Waals surface area contributed by atoms with Crippen LogP contribution in [0.5, 0.6) is 0 Å². The van der Waals surface area contributed by atoms with Crippen LogP contribution in [0.1, 0.15) is 5.56 Å². The Morgan fingerprint density at radius 3 is 2.68 bits per heavy atom. The van der Waals surface area contributed by atoms with E-state index in [1.54, 1.807) is 5.38 Å². The molecule has 3 rings (SSSR count). The largest absolute Gasteiger partial charge is 0.379 e. The van der Waals surface area contributed by atoms with Gasteiger partial charge in [-0.15, -0.1) is 11.3 Å². The quantitative estimate of drug-likeness (QED) is 0.772. The summed E-state index contributed by atoms with van der Waals surface area (Å²) in [4.78, 5) is 2.33. The first-order valence-corrected chi connectivity index (χ1v) is 11.0. The van der Waals surface area contributed by atoms with E-state index in [9.17, 15) is 8.42 Å². The molecule has 0 amide bonds. The predicted octanol–water partition coefficient (Wildman–Crippen LogP) is 3.73. The third-order valence-electron chi connectivity index (χ3n) is 3.97. The minimum absolute atomic E-state index is 0.0175. The fourth-order valence-electron chi connectivity index (χ4n) is 2.60. The highest BCUT2D eigenvalue weighted by molar-refractivity contribution is 7.92. The highest BCUT2D eigenvalue weighted by atomic mass is 35.5. The highest BCUT2D eigenvalue weighted by Gasteiger charge is 2.20. The van der Waals surface area contributed by atoms with Crippen LogP contribution in [0.15, 0.2) is 33.9 Å². The molecule has 136 valence electrons. The van der Waals surface area contributed by atoms with Gasteiger partial charge in [0, 0.05) is 30.0 Å². The van der Waals surface area contributed by atoms with Crippen molar-refractivity contribution in [3.63, 3.8) is 0 Å². The number of nitrogens with zero attached hydrogens (tertiary/aromatic N) is 1. The molecule has 1 aliphatic rings. The molecule has 0 spiro atoms. The molecule has 0 atom stereocenters. The fraction of sp³-hybridized carbons (Fsp3) is 0.375. The SMILES string of the molecule is O=S(=O)(Nc1cscc1CCN1CCOCC1)c1ccc(Cl)cc1Cl. The van der Waals surface area contributed by atoms with E-state index in [0.717, 1.165) is 44.8 Å². The summed E-state index contributed by atoms with van der Waals surface area (Å²) in [6, 6.07) is 4.34. The molecule has 5 nitrogen and oxygen atoms in total. The average molecular weight is 421 g/mol. The van der Waals surface area contributed by atoms with Gasteiger partial charge in [-0.3, -0.25) is 9.62 Å². The van der Waals surface area contributed by atoms with Crippen LogP contribution < -0.4 is 4.72 Å². The van der Waals surface area contributed by atoms with Gasteiger partial charge in [-0.2, -0.15) is 0 Å². The van der Waals surface area contributed by atoms with Gasteiger partial charge in [0.2, 0.25) is 0 Å². The van der Waals surface area contributed by atoms with Crippen LogP contribution in [0.3, 0.4) is 0 Å². The summed E-state index contributed by atoms with van der Waals surface area (Å²) in [6.45, 7) is 4.18. The van der Waals surface area contributed by atoms with Crippen molar-refractivity contribution in [3.05, 3.63) is 44.6 Å². The second-order valence-electron chi connectivity index (χ2n) is 5.69. The minimum atomic E-state index is -3.76. The summed E-state index contributed by atoms with van der Waals surface area (Å²) in [6.07, 6.45) is 0.774. The van der Waals surface area contributed by atoms with E-state index in [2.05, 4.69) is 9.62 Å². The van der Waals surface area contributed by atoms with Gasteiger partial charge >= 0.3 is 0 Å².